The first kappa shape index (κ1) is 15.8. The zero-order chi connectivity index (χ0) is 15.4. The minimum atomic E-state index is -0.724. The van der Waals surface area contributed by atoms with E-state index in [0.29, 0.717) is 43.8 Å². The number of hydrogen-bond donors (Lipinski definition) is 1. The lowest BCUT2D eigenvalue weighted by atomic mass is 9.95. The summed E-state index contributed by atoms with van der Waals surface area (Å²) in [6.45, 7) is 4.98. The fourth-order valence-corrected chi connectivity index (χ4v) is 2.80. The molecule has 0 saturated carbocycles. The van der Waals surface area contributed by atoms with Gasteiger partial charge in [-0.1, -0.05) is 12.1 Å². The molecule has 1 aliphatic rings. The predicted molar refractivity (Wildman–Crippen MR) is 78.6 cm³/mol. The van der Waals surface area contributed by atoms with E-state index < -0.39 is 6.10 Å². The molecule has 1 N–H and O–H groups in total. The number of ether oxygens (including phenoxy) is 1. The maximum atomic E-state index is 14.1. The number of esters is 1. The van der Waals surface area contributed by atoms with Gasteiger partial charge < -0.3 is 14.7 Å². The quantitative estimate of drug-likeness (QED) is 0.868. The molecule has 1 aromatic carbocycles. The van der Waals surface area contributed by atoms with E-state index in [-0.39, 0.29) is 17.7 Å². The van der Waals surface area contributed by atoms with Crippen molar-refractivity contribution in [2.45, 2.75) is 32.8 Å². The second kappa shape index (κ2) is 6.89. The zero-order valence-electron chi connectivity index (χ0n) is 12.5. The first-order valence-corrected chi connectivity index (χ1v) is 7.42. The largest absolute Gasteiger partial charge is 0.466 e. The number of carbonyl (C=O) groups excluding carboxylic acids is 1. The molecule has 0 bridgehead atoms. The van der Waals surface area contributed by atoms with Crippen LogP contribution in [0.25, 0.3) is 0 Å². The molecule has 116 valence electrons. The minimum Gasteiger partial charge on any atom is -0.466 e. The molecule has 1 heterocycles. The lowest BCUT2D eigenvalue weighted by Gasteiger charge is -2.34. The van der Waals surface area contributed by atoms with Crippen LogP contribution in [0.4, 0.5) is 10.1 Å². The van der Waals surface area contributed by atoms with Crippen molar-refractivity contribution in [3.63, 3.8) is 0 Å². The number of anilines is 1. The van der Waals surface area contributed by atoms with Gasteiger partial charge in [0.05, 0.1) is 24.3 Å². The summed E-state index contributed by atoms with van der Waals surface area (Å²) in [7, 11) is 0. The van der Waals surface area contributed by atoms with Crippen LogP contribution in [0.1, 0.15) is 38.4 Å². The van der Waals surface area contributed by atoms with Gasteiger partial charge in [-0.25, -0.2) is 4.39 Å². The molecule has 0 spiro atoms. The average Bonchev–Trinajstić information content (AvgIpc) is 2.47. The highest BCUT2D eigenvalue weighted by Crippen LogP contribution is 2.32. The smallest absolute Gasteiger partial charge is 0.309 e. The van der Waals surface area contributed by atoms with E-state index in [1.807, 2.05) is 4.90 Å². The number of carbonyl (C=O) groups is 1. The molecule has 2 rings (SSSR count). The number of nitrogens with zero attached hydrogens (tertiary/aromatic N) is 1. The van der Waals surface area contributed by atoms with Gasteiger partial charge in [-0.05, 0) is 32.8 Å². The van der Waals surface area contributed by atoms with Crippen molar-refractivity contribution in [2.24, 2.45) is 5.92 Å². The van der Waals surface area contributed by atoms with Crippen LogP contribution in [0, 0.1) is 11.7 Å². The SMILES string of the molecule is CCOC(=O)C1CCN(c2c(F)cccc2C(C)O)CC1. The summed E-state index contributed by atoms with van der Waals surface area (Å²) in [6, 6.07) is 4.74. The molecular formula is C16H22FNO3. The zero-order valence-corrected chi connectivity index (χ0v) is 12.5. The second-order valence-corrected chi connectivity index (χ2v) is 5.37. The predicted octanol–water partition coefficient (Wildman–Crippen LogP) is 2.66. The summed E-state index contributed by atoms with van der Waals surface area (Å²) in [6.07, 6.45) is 0.567. The van der Waals surface area contributed by atoms with Crippen molar-refractivity contribution in [2.75, 3.05) is 24.6 Å². The summed E-state index contributed by atoms with van der Waals surface area (Å²) in [5.41, 5.74) is 1.04. The summed E-state index contributed by atoms with van der Waals surface area (Å²) in [5, 5.41) is 9.80. The van der Waals surface area contributed by atoms with Crippen molar-refractivity contribution in [3.8, 4) is 0 Å². The van der Waals surface area contributed by atoms with Crippen molar-refractivity contribution in [1.82, 2.24) is 0 Å². The van der Waals surface area contributed by atoms with Crippen LogP contribution >= 0.6 is 0 Å². The summed E-state index contributed by atoms with van der Waals surface area (Å²) in [4.78, 5) is 13.6. The van der Waals surface area contributed by atoms with E-state index in [2.05, 4.69) is 0 Å². The van der Waals surface area contributed by atoms with E-state index in [0.717, 1.165) is 0 Å². The lowest BCUT2D eigenvalue weighted by Crippen LogP contribution is -2.38. The number of aliphatic hydroxyl groups excluding tert-OH is 1. The molecule has 0 amide bonds. The molecule has 1 aromatic rings. The fraction of sp³-hybridized carbons (Fsp3) is 0.562. The van der Waals surface area contributed by atoms with Gasteiger partial charge in [0.2, 0.25) is 0 Å². The Balaban J connectivity index is 2.11. The first-order valence-electron chi connectivity index (χ1n) is 7.42. The highest BCUT2D eigenvalue weighted by Gasteiger charge is 2.28. The van der Waals surface area contributed by atoms with E-state index >= 15 is 0 Å². The third-order valence-corrected chi connectivity index (χ3v) is 3.90. The van der Waals surface area contributed by atoms with Crippen LogP contribution in [0.15, 0.2) is 18.2 Å². The Bertz CT molecular complexity index is 496. The van der Waals surface area contributed by atoms with Crippen molar-refractivity contribution in [1.29, 1.82) is 0 Å². The van der Waals surface area contributed by atoms with E-state index in [9.17, 15) is 14.3 Å². The third-order valence-electron chi connectivity index (χ3n) is 3.90. The average molecular weight is 295 g/mol. The minimum absolute atomic E-state index is 0.108. The number of hydrogen-bond acceptors (Lipinski definition) is 4. The fourth-order valence-electron chi connectivity index (χ4n) is 2.80. The third kappa shape index (κ3) is 3.53. The van der Waals surface area contributed by atoms with Gasteiger partial charge in [0.1, 0.15) is 5.82 Å². The Labute approximate surface area is 124 Å². The number of para-hydroxylation sites is 1. The van der Waals surface area contributed by atoms with Gasteiger partial charge in [0.25, 0.3) is 0 Å². The molecule has 1 saturated heterocycles. The molecule has 1 fully saturated rings. The van der Waals surface area contributed by atoms with Crippen molar-refractivity contribution < 1.29 is 19.0 Å². The van der Waals surface area contributed by atoms with Crippen molar-refractivity contribution in [3.05, 3.63) is 29.6 Å². The highest BCUT2D eigenvalue weighted by molar-refractivity contribution is 5.73. The van der Waals surface area contributed by atoms with Gasteiger partial charge in [0, 0.05) is 18.7 Å². The monoisotopic (exact) mass is 295 g/mol. The molecule has 1 atom stereocenters. The summed E-state index contributed by atoms with van der Waals surface area (Å²) >= 11 is 0. The number of benzene rings is 1. The first-order chi connectivity index (χ1) is 10.0. The number of rotatable bonds is 4. The highest BCUT2D eigenvalue weighted by atomic mass is 19.1. The van der Waals surface area contributed by atoms with Gasteiger partial charge in [-0.3, -0.25) is 4.79 Å². The Morgan fingerprint density at radius 2 is 2.14 bits per heavy atom. The Morgan fingerprint density at radius 1 is 1.48 bits per heavy atom. The number of halogens is 1. The second-order valence-electron chi connectivity index (χ2n) is 5.37. The number of piperidine rings is 1. The molecular weight excluding hydrogens is 273 g/mol. The summed E-state index contributed by atoms with van der Waals surface area (Å²) < 4.78 is 19.2. The van der Waals surface area contributed by atoms with E-state index in [4.69, 9.17) is 4.74 Å². The van der Waals surface area contributed by atoms with Crippen LogP contribution in [-0.4, -0.2) is 30.8 Å². The molecule has 5 heteroatoms. The maximum absolute atomic E-state index is 14.1. The van der Waals surface area contributed by atoms with Crippen molar-refractivity contribution >= 4 is 11.7 Å². The standard InChI is InChI=1S/C16H22FNO3/c1-3-21-16(20)12-7-9-18(10-8-12)15-13(11(2)19)5-4-6-14(15)17/h4-6,11-12,19H,3,7-10H2,1-2H3. The molecule has 21 heavy (non-hydrogen) atoms. The molecule has 0 aliphatic carbocycles. The van der Waals surface area contributed by atoms with Crippen LogP contribution < -0.4 is 4.90 Å². The van der Waals surface area contributed by atoms with Crippen LogP contribution in [0.2, 0.25) is 0 Å². The maximum Gasteiger partial charge on any atom is 0.309 e. The van der Waals surface area contributed by atoms with Crippen LogP contribution in [-0.2, 0) is 9.53 Å². The normalized spacial score (nSPS) is 17.6. The lowest BCUT2D eigenvalue weighted by molar-refractivity contribution is -0.148. The number of aliphatic hydroxyl groups is 1. The van der Waals surface area contributed by atoms with E-state index in [1.165, 1.54) is 6.07 Å². The van der Waals surface area contributed by atoms with Gasteiger partial charge in [-0.15, -0.1) is 0 Å². The molecule has 4 nitrogen and oxygen atoms in total. The van der Waals surface area contributed by atoms with Crippen LogP contribution in [0.3, 0.4) is 0 Å². The van der Waals surface area contributed by atoms with Gasteiger partial charge in [0.15, 0.2) is 0 Å². The Hall–Kier alpha value is -1.62. The Morgan fingerprint density at radius 3 is 2.71 bits per heavy atom. The molecule has 0 aromatic heterocycles. The molecule has 1 aliphatic heterocycles. The van der Waals surface area contributed by atoms with Gasteiger partial charge in [-0.2, -0.15) is 0 Å². The van der Waals surface area contributed by atoms with Crippen LogP contribution in [0.5, 0.6) is 0 Å². The summed E-state index contributed by atoms with van der Waals surface area (Å²) in [5.74, 6) is -0.604. The van der Waals surface area contributed by atoms with Gasteiger partial charge >= 0.3 is 5.97 Å². The molecule has 1 unspecified atom stereocenters. The Kier molecular flexibility index (Phi) is 5.17. The molecule has 0 radical (unpaired) electrons. The topological polar surface area (TPSA) is 49.8 Å². The van der Waals surface area contributed by atoms with E-state index in [1.54, 1.807) is 26.0 Å².